The molecule has 2 rings (SSSR count). The van der Waals surface area contributed by atoms with E-state index in [1.807, 2.05) is 0 Å². The van der Waals surface area contributed by atoms with Crippen LogP contribution in [0, 0.1) is 0 Å². The zero-order chi connectivity index (χ0) is 8.55. The Morgan fingerprint density at radius 3 is 3.00 bits per heavy atom. The number of aromatic nitrogens is 3. The van der Waals surface area contributed by atoms with Crippen molar-refractivity contribution in [2.45, 2.75) is 12.0 Å². The van der Waals surface area contributed by atoms with Crippen LogP contribution in [-0.4, -0.2) is 39.3 Å². The van der Waals surface area contributed by atoms with E-state index in [9.17, 15) is 5.11 Å². The highest BCUT2D eigenvalue weighted by molar-refractivity contribution is 5.08. The summed E-state index contributed by atoms with van der Waals surface area (Å²) in [6, 6.07) is 0. The molecule has 0 amide bonds. The quantitative estimate of drug-likeness (QED) is 0.556. The molecule has 0 saturated carbocycles. The average Bonchev–Trinajstić information content (AvgIpc) is 2.58. The molecule has 1 aromatic rings. The van der Waals surface area contributed by atoms with E-state index in [2.05, 4.69) is 15.5 Å². The first kappa shape index (κ1) is 7.70. The van der Waals surface area contributed by atoms with Gasteiger partial charge in [0.2, 0.25) is 0 Å². The van der Waals surface area contributed by atoms with E-state index in [-0.39, 0.29) is 12.0 Å². The summed E-state index contributed by atoms with van der Waals surface area (Å²) in [5, 5.41) is 20.7. The highest BCUT2D eigenvalue weighted by Gasteiger charge is 2.28. The van der Waals surface area contributed by atoms with Gasteiger partial charge in [-0.05, 0) is 0 Å². The molecule has 2 unspecified atom stereocenters. The van der Waals surface area contributed by atoms with Gasteiger partial charge < -0.3 is 10.4 Å². The van der Waals surface area contributed by atoms with Crippen LogP contribution in [0.25, 0.3) is 0 Å². The highest BCUT2D eigenvalue weighted by Crippen LogP contribution is 2.19. The lowest BCUT2D eigenvalue weighted by molar-refractivity contribution is 0.176. The van der Waals surface area contributed by atoms with E-state index in [1.54, 1.807) is 13.2 Å². The molecule has 2 atom stereocenters. The second kappa shape index (κ2) is 2.84. The normalized spacial score (nSPS) is 29.5. The predicted molar refractivity (Wildman–Crippen MR) is 42.6 cm³/mol. The maximum Gasteiger partial charge on any atom is 0.0897 e. The number of aryl methyl sites for hydroxylation is 1. The van der Waals surface area contributed by atoms with Crippen molar-refractivity contribution in [2.24, 2.45) is 7.05 Å². The van der Waals surface area contributed by atoms with Crippen molar-refractivity contribution in [1.82, 2.24) is 20.3 Å². The summed E-state index contributed by atoms with van der Waals surface area (Å²) >= 11 is 0. The largest absolute Gasteiger partial charge is 0.391 e. The first-order valence-corrected chi connectivity index (χ1v) is 4.02. The maximum atomic E-state index is 9.51. The van der Waals surface area contributed by atoms with E-state index in [0.29, 0.717) is 6.54 Å². The van der Waals surface area contributed by atoms with Gasteiger partial charge in [-0.2, -0.15) is 15.0 Å². The van der Waals surface area contributed by atoms with Gasteiger partial charge in [-0.1, -0.05) is 0 Å². The summed E-state index contributed by atoms with van der Waals surface area (Å²) in [6.45, 7) is 1.45. The van der Waals surface area contributed by atoms with Crippen molar-refractivity contribution in [3.05, 3.63) is 11.9 Å². The number of hydrogen-bond donors (Lipinski definition) is 2. The average molecular weight is 168 g/mol. The molecule has 0 spiro atoms. The maximum absolute atomic E-state index is 9.51. The molecular formula is C7H12N4O. The van der Waals surface area contributed by atoms with Gasteiger partial charge in [0.1, 0.15) is 0 Å². The van der Waals surface area contributed by atoms with Crippen molar-refractivity contribution < 1.29 is 5.11 Å². The third kappa shape index (κ3) is 1.21. The summed E-state index contributed by atoms with van der Waals surface area (Å²) in [5.41, 5.74) is 0.870. The van der Waals surface area contributed by atoms with Gasteiger partial charge in [0.05, 0.1) is 18.0 Å². The van der Waals surface area contributed by atoms with E-state index in [4.69, 9.17) is 0 Å². The minimum atomic E-state index is -0.318. The fourth-order valence-electron chi connectivity index (χ4n) is 1.50. The summed E-state index contributed by atoms with van der Waals surface area (Å²) in [4.78, 5) is 1.51. The number of rotatable bonds is 1. The molecule has 2 N–H and O–H groups in total. The standard InChI is InChI=1S/C7H12N4O/c1-11-9-3-6(10-11)5-2-8-4-7(5)12/h3,5,7-8,12H,2,4H2,1H3. The number of nitrogens with one attached hydrogen (secondary N) is 1. The molecule has 1 aliphatic rings. The summed E-state index contributed by atoms with van der Waals surface area (Å²) < 4.78 is 0. The van der Waals surface area contributed by atoms with Crippen LogP contribution in [0.5, 0.6) is 0 Å². The van der Waals surface area contributed by atoms with E-state index >= 15 is 0 Å². The van der Waals surface area contributed by atoms with Crippen LogP contribution in [0.3, 0.4) is 0 Å². The van der Waals surface area contributed by atoms with Crippen LogP contribution >= 0.6 is 0 Å². The molecule has 1 saturated heterocycles. The molecule has 1 aromatic heterocycles. The molecule has 5 nitrogen and oxygen atoms in total. The zero-order valence-corrected chi connectivity index (χ0v) is 6.94. The van der Waals surface area contributed by atoms with Gasteiger partial charge in [-0.25, -0.2) is 0 Å². The van der Waals surface area contributed by atoms with Gasteiger partial charge in [-0.3, -0.25) is 0 Å². The smallest absolute Gasteiger partial charge is 0.0897 e. The van der Waals surface area contributed by atoms with Gasteiger partial charge >= 0.3 is 0 Å². The molecule has 5 heteroatoms. The Kier molecular flexibility index (Phi) is 1.82. The van der Waals surface area contributed by atoms with Crippen LogP contribution in [0.2, 0.25) is 0 Å². The number of hydrogen-bond acceptors (Lipinski definition) is 4. The Labute approximate surface area is 70.4 Å². The van der Waals surface area contributed by atoms with Crippen LogP contribution in [0.1, 0.15) is 11.6 Å². The van der Waals surface area contributed by atoms with Gasteiger partial charge in [0.15, 0.2) is 0 Å². The number of aliphatic hydroxyl groups excluding tert-OH is 1. The second-order valence-electron chi connectivity index (χ2n) is 3.09. The van der Waals surface area contributed by atoms with E-state index < -0.39 is 0 Å². The van der Waals surface area contributed by atoms with E-state index in [1.165, 1.54) is 4.80 Å². The summed E-state index contributed by atoms with van der Waals surface area (Å²) in [7, 11) is 1.78. The van der Waals surface area contributed by atoms with Gasteiger partial charge in [0, 0.05) is 26.1 Å². The van der Waals surface area contributed by atoms with Crippen LogP contribution < -0.4 is 5.32 Å². The molecule has 0 aromatic carbocycles. The van der Waals surface area contributed by atoms with Crippen molar-refractivity contribution in [3.8, 4) is 0 Å². The van der Waals surface area contributed by atoms with Crippen molar-refractivity contribution in [3.63, 3.8) is 0 Å². The lowest BCUT2D eigenvalue weighted by Crippen LogP contribution is -2.16. The Balaban J connectivity index is 2.19. The third-order valence-electron chi connectivity index (χ3n) is 2.18. The molecule has 2 heterocycles. The van der Waals surface area contributed by atoms with Crippen molar-refractivity contribution in [1.29, 1.82) is 0 Å². The molecule has 12 heavy (non-hydrogen) atoms. The minimum Gasteiger partial charge on any atom is -0.391 e. The Bertz CT molecular complexity index is 272. The third-order valence-corrected chi connectivity index (χ3v) is 2.18. The van der Waals surface area contributed by atoms with Gasteiger partial charge in [-0.15, -0.1) is 0 Å². The lowest BCUT2D eigenvalue weighted by atomic mass is 10.0. The topological polar surface area (TPSA) is 63.0 Å². The van der Waals surface area contributed by atoms with Gasteiger partial charge in [0.25, 0.3) is 0 Å². The predicted octanol–water partition coefficient (Wildman–Crippen LogP) is -1.14. The number of nitrogens with zero attached hydrogens (tertiary/aromatic N) is 3. The fourth-order valence-corrected chi connectivity index (χ4v) is 1.50. The minimum absolute atomic E-state index is 0.110. The van der Waals surface area contributed by atoms with Crippen LogP contribution in [0.15, 0.2) is 6.20 Å². The molecule has 0 radical (unpaired) electrons. The fraction of sp³-hybridized carbons (Fsp3) is 0.714. The molecule has 0 bridgehead atoms. The molecular weight excluding hydrogens is 156 g/mol. The van der Waals surface area contributed by atoms with Crippen LogP contribution in [-0.2, 0) is 7.05 Å². The highest BCUT2D eigenvalue weighted by atomic mass is 16.3. The Hall–Kier alpha value is -0.940. The number of β-amino-alcohol motifs (C(OH)–C–C–N with tert-alkyl or cyclic N) is 1. The van der Waals surface area contributed by atoms with Crippen molar-refractivity contribution in [2.75, 3.05) is 13.1 Å². The first-order chi connectivity index (χ1) is 5.77. The first-order valence-electron chi connectivity index (χ1n) is 4.02. The number of aliphatic hydroxyl groups is 1. The van der Waals surface area contributed by atoms with Crippen molar-refractivity contribution >= 4 is 0 Å². The monoisotopic (exact) mass is 168 g/mol. The Morgan fingerprint density at radius 2 is 2.50 bits per heavy atom. The summed E-state index contributed by atoms with van der Waals surface area (Å²) in [5.74, 6) is 0.110. The summed E-state index contributed by atoms with van der Waals surface area (Å²) in [6.07, 6.45) is 1.39. The zero-order valence-electron chi connectivity index (χ0n) is 6.94. The van der Waals surface area contributed by atoms with Crippen LogP contribution in [0.4, 0.5) is 0 Å². The molecule has 0 aliphatic carbocycles. The molecule has 1 aliphatic heterocycles. The van der Waals surface area contributed by atoms with E-state index in [0.717, 1.165) is 12.2 Å². The lowest BCUT2D eigenvalue weighted by Gasteiger charge is -2.08. The Morgan fingerprint density at radius 1 is 1.67 bits per heavy atom. The second-order valence-corrected chi connectivity index (χ2v) is 3.09. The molecule has 1 fully saturated rings. The molecule has 66 valence electrons. The SMILES string of the molecule is Cn1ncc(C2CNCC2O)n1.